The first kappa shape index (κ1) is 20.0. The summed E-state index contributed by atoms with van der Waals surface area (Å²) in [5.74, 6) is 0. The maximum atomic E-state index is 2.39. The number of allylic oxidation sites excluding steroid dienone is 4. The van der Waals surface area contributed by atoms with Crippen LogP contribution in [0, 0.1) is 13.8 Å². The van der Waals surface area contributed by atoms with E-state index in [0.717, 1.165) is 13.1 Å². The van der Waals surface area contributed by atoms with Gasteiger partial charge in [-0.3, -0.25) is 0 Å². The van der Waals surface area contributed by atoms with Crippen LogP contribution in [0.15, 0.2) is 70.6 Å². The molecule has 29 heavy (non-hydrogen) atoms. The molecule has 0 N–H and O–H groups in total. The van der Waals surface area contributed by atoms with E-state index in [0.29, 0.717) is 0 Å². The third-order valence-electron chi connectivity index (χ3n) is 5.24. The van der Waals surface area contributed by atoms with Gasteiger partial charge in [-0.1, -0.05) is 65.6 Å². The summed E-state index contributed by atoms with van der Waals surface area (Å²) >= 11 is 3.74. The van der Waals surface area contributed by atoms with E-state index < -0.39 is 0 Å². The second kappa shape index (κ2) is 8.60. The Balaban J connectivity index is 1.54. The van der Waals surface area contributed by atoms with Gasteiger partial charge in [-0.05, 0) is 51.0 Å². The lowest BCUT2D eigenvalue weighted by atomic mass is 10.2. The van der Waals surface area contributed by atoms with Crippen LogP contribution < -0.4 is 9.47 Å². The largest absolute Gasteiger partial charge is 0.335 e. The molecule has 3 aromatic rings. The van der Waals surface area contributed by atoms with Gasteiger partial charge in [0.2, 0.25) is 5.52 Å². The fourth-order valence-corrected chi connectivity index (χ4v) is 6.17. The summed E-state index contributed by atoms with van der Waals surface area (Å²) in [5, 5.41) is 2.59. The second-order valence-corrected chi connectivity index (χ2v) is 9.19. The Morgan fingerprint density at radius 1 is 0.966 bits per heavy atom. The van der Waals surface area contributed by atoms with Crippen molar-refractivity contribution < 1.29 is 4.57 Å². The zero-order valence-electron chi connectivity index (χ0n) is 17.5. The van der Waals surface area contributed by atoms with Crippen LogP contribution in [0.1, 0.15) is 30.0 Å². The predicted octanol–water partition coefficient (Wildman–Crippen LogP) is 6.87. The molecule has 4 rings (SSSR count). The minimum absolute atomic E-state index is 0.983. The normalized spacial score (nSPS) is 15.4. The highest BCUT2D eigenvalue weighted by Crippen LogP contribution is 2.47. The van der Waals surface area contributed by atoms with Crippen LogP contribution in [0.2, 0.25) is 0 Å². The number of rotatable bonds is 5. The van der Waals surface area contributed by atoms with E-state index in [9.17, 15) is 0 Å². The van der Waals surface area contributed by atoms with Crippen molar-refractivity contribution in [3.8, 4) is 0 Å². The van der Waals surface area contributed by atoms with Crippen LogP contribution in [0.25, 0.3) is 16.3 Å². The number of hydrogen-bond donors (Lipinski definition) is 0. The van der Waals surface area contributed by atoms with Crippen molar-refractivity contribution >= 4 is 45.1 Å². The smallest absolute Gasteiger partial charge is 0.262 e. The van der Waals surface area contributed by atoms with Crippen molar-refractivity contribution in [2.75, 3.05) is 11.4 Å². The highest BCUT2D eigenvalue weighted by atomic mass is 32.2. The third kappa shape index (κ3) is 3.79. The standard InChI is InChI=1S/C25H27N2S2/c1-5-26-20-14-10-12-18(3)24(20)28-22(26)16-8-7-9-17-23-27(6-2)21-15-11-13-19(4)25(21)29-23/h7-17H,5-6H2,1-4H3/q+1. The molecule has 2 heterocycles. The molecule has 1 aliphatic rings. The molecule has 0 fully saturated rings. The lowest BCUT2D eigenvalue weighted by Crippen LogP contribution is -2.33. The second-order valence-electron chi connectivity index (χ2n) is 7.13. The molecule has 0 spiro atoms. The monoisotopic (exact) mass is 419 g/mol. The molecular weight excluding hydrogens is 392 g/mol. The molecule has 0 aliphatic carbocycles. The quantitative estimate of drug-likeness (QED) is 0.329. The molecule has 0 amide bonds. The van der Waals surface area contributed by atoms with Crippen molar-refractivity contribution in [3.63, 3.8) is 0 Å². The molecule has 0 radical (unpaired) electrons. The Kier molecular flexibility index (Phi) is 5.93. The highest BCUT2D eigenvalue weighted by Gasteiger charge is 2.24. The first-order valence-corrected chi connectivity index (χ1v) is 11.8. The summed E-state index contributed by atoms with van der Waals surface area (Å²) in [6.45, 7) is 10.8. The van der Waals surface area contributed by atoms with Crippen LogP contribution >= 0.6 is 23.1 Å². The van der Waals surface area contributed by atoms with Gasteiger partial charge in [-0.25, -0.2) is 0 Å². The molecule has 0 saturated heterocycles. The van der Waals surface area contributed by atoms with Crippen LogP contribution in [-0.2, 0) is 6.54 Å². The van der Waals surface area contributed by atoms with Gasteiger partial charge >= 0.3 is 0 Å². The zero-order valence-corrected chi connectivity index (χ0v) is 19.1. The molecule has 4 heteroatoms. The maximum Gasteiger partial charge on any atom is 0.262 e. The first-order valence-electron chi connectivity index (χ1n) is 10.2. The molecule has 0 saturated carbocycles. The Bertz CT molecular complexity index is 1140. The van der Waals surface area contributed by atoms with Gasteiger partial charge < -0.3 is 4.90 Å². The maximum absolute atomic E-state index is 2.39. The summed E-state index contributed by atoms with van der Waals surface area (Å²) in [5.41, 5.74) is 5.36. The molecule has 2 nitrogen and oxygen atoms in total. The number of thioether (sulfide) groups is 1. The molecule has 2 aromatic carbocycles. The lowest BCUT2D eigenvalue weighted by molar-refractivity contribution is -0.665. The van der Waals surface area contributed by atoms with E-state index in [-0.39, 0.29) is 0 Å². The van der Waals surface area contributed by atoms with Crippen molar-refractivity contribution in [2.45, 2.75) is 39.1 Å². The van der Waals surface area contributed by atoms with E-state index in [4.69, 9.17) is 0 Å². The SMILES string of the molecule is CCN1C(=CC=CC=Cc2sc3c(C)cccc3[n+]2CC)Sc2c(C)cccc21. The van der Waals surface area contributed by atoms with Crippen molar-refractivity contribution in [3.05, 3.63) is 81.9 Å². The summed E-state index contributed by atoms with van der Waals surface area (Å²) < 4.78 is 3.77. The molecule has 0 atom stereocenters. The van der Waals surface area contributed by atoms with Gasteiger partial charge in [0.25, 0.3) is 5.01 Å². The van der Waals surface area contributed by atoms with Crippen LogP contribution in [0.5, 0.6) is 0 Å². The number of hydrogen-bond acceptors (Lipinski definition) is 3. The lowest BCUT2D eigenvalue weighted by Gasteiger charge is -2.17. The Hall–Kier alpha value is -2.30. The average molecular weight is 420 g/mol. The van der Waals surface area contributed by atoms with Gasteiger partial charge in [0, 0.05) is 23.6 Å². The molecular formula is C25H27N2S2+. The number of aryl methyl sites for hydroxylation is 3. The number of aromatic nitrogens is 1. The van der Waals surface area contributed by atoms with Gasteiger partial charge in [-0.2, -0.15) is 4.57 Å². The van der Waals surface area contributed by atoms with Gasteiger partial charge in [-0.15, -0.1) is 0 Å². The Morgan fingerprint density at radius 2 is 1.76 bits per heavy atom. The number of anilines is 1. The van der Waals surface area contributed by atoms with Crippen LogP contribution in [0.4, 0.5) is 5.69 Å². The Labute approximate surface area is 181 Å². The molecule has 0 unspecified atom stereocenters. The summed E-state index contributed by atoms with van der Waals surface area (Å²) in [7, 11) is 0. The van der Waals surface area contributed by atoms with Gasteiger partial charge in [0.05, 0.1) is 10.7 Å². The highest BCUT2D eigenvalue weighted by molar-refractivity contribution is 8.03. The van der Waals surface area contributed by atoms with E-state index in [1.54, 1.807) is 0 Å². The van der Waals surface area contributed by atoms with Crippen molar-refractivity contribution in [2.24, 2.45) is 0 Å². The Morgan fingerprint density at radius 3 is 2.55 bits per heavy atom. The van der Waals surface area contributed by atoms with Crippen LogP contribution in [-0.4, -0.2) is 6.54 Å². The van der Waals surface area contributed by atoms with Gasteiger partial charge in [0.1, 0.15) is 11.2 Å². The number of nitrogens with zero attached hydrogens (tertiary/aromatic N) is 2. The molecule has 1 aromatic heterocycles. The fourth-order valence-electron chi connectivity index (χ4n) is 3.76. The first-order chi connectivity index (χ1) is 14.1. The minimum Gasteiger partial charge on any atom is -0.335 e. The van der Waals surface area contributed by atoms with E-state index in [2.05, 4.69) is 104 Å². The zero-order chi connectivity index (χ0) is 20.4. The summed E-state index contributed by atoms with van der Waals surface area (Å²) in [6, 6.07) is 13.1. The predicted molar refractivity (Wildman–Crippen MR) is 129 cm³/mol. The van der Waals surface area contributed by atoms with E-state index in [1.807, 2.05) is 23.1 Å². The minimum atomic E-state index is 0.983. The summed E-state index contributed by atoms with van der Waals surface area (Å²) in [4.78, 5) is 3.77. The van der Waals surface area contributed by atoms with E-state index in [1.165, 1.54) is 42.0 Å². The van der Waals surface area contributed by atoms with Crippen LogP contribution in [0.3, 0.4) is 0 Å². The number of thiazole rings is 1. The topological polar surface area (TPSA) is 7.12 Å². The van der Waals surface area contributed by atoms with E-state index >= 15 is 0 Å². The molecule has 1 aliphatic heterocycles. The average Bonchev–Trinajstić information content (AvgIpc) is 3.27. The third-order valence-corrected chi connectivity index (χ3v) is 7.84. The van der Waals surface area contributed by atoms with Gasteiger partial charge in [0.15, 0.2) is 0 Å². The number of fused-ring (bicyclic) bond motifs is 2. The fraction of sp³-hybridized carbons (Fsp3) is 0.240. The molecule has 148 valence electrons. The van der Waals surface area contributed by atoms with Crippen molar-refractivity contribution in [1.29, 1.82) is 0 Å². The number of benzene rings is 2. The molecule has 0 bridgehead atoms. The summed E-state index contributed by atoms with van der Waals surface area (Å²) in [6.07, 6.45) is 10.9. The van der Waals surface area contributed by atoms with Crippen molar-refractivity contribution in [1.82, 2.24) is 0 Å².